The Kier molecular flexibility index (Phi) is 6.12. The smallest absolute Gasteiger partial charge is 0.309 e. The summed E-state index contributed by atoms with van der Waals surface area (Å²) in [6.07, 6.45) is 0.579. The summed E-state index contributed by atoms with van der Waals surface area (Å²) in [5, 5.41) is 4.82. The number of sulfonamides is 1. The molecule has 3 rings (SSSR count). The molecule has 2 N–H and O–H groups in total. The third kappa shape index (κ3) is 4.58. The maximum atomic E-state index is 12.8. The van der Waals surface area contributed by atoms with Gasteiger partial charge in [0.05, 0.1) is 30.9 Å². The van der Waals surface area contributed by atoms with E-state index in [-0.39, 0.29) is 31.1 Å². The Bertz CT molecular complexity index is 925. The van der Waals surface area contributed by atoms with Crippen LogP contribution in [0.5, 0.6) is 0 Å². The summed E-state index contributed by atoms with van der Waals surface area (Å²) in [6.45, 7) is 2.17. The standard InChI is InChI=1S/C18H21N3O6S/c1-13-4-6-15(7-5-13)28(24,25)21-8-10-27-16(21)12-20-18(23)17(22)19-11-14-3-2-9-26-14/h2-7,9,16H,8,10-12H2,1H3,(H,19,22)(H,20,23)/t16-/m1/s1. The van der Waals surface area contributed by atoms with E-state index in [9.17, 15) is 18.0 Å². The van der Waals surface area contributed by atoms with E-state index in [0.29, 0.717) is 5.76 Å². The first-order valence-electron chi connectivity index (χ1n) is 8.66. The predicted molar refractivity (Wildman–Crippen MR) is 98.4 cm³/mol. The lowest BCUT2D eigenvalue weighted by molar-refractivity contribution is -0.139. The van der Waals surface area contributed by atoms with Crippen LogP contribution in [0.4, 0.5) is 0 Å². The minimum Gasteiger partial charge on any atom is -0.467 e. The van der Waals surface area contributed by atoms with Gasteiger partial charge in [-0.05, 0) is 31.2 Å². The molecule has 0 radical (unpaired) electrons. The van der Waals surface area contributed by atoms with Crippen molar-refractivity contribution in [2.24, 2.45) is 0 Å². The van der Waals surface area contributed by atoms with Crippen LogP contribution < -0.4 is 10.6 Å². The molecule has 1 aromatic carbocycles. The third-order valence-corrected chi connectivity index (χ3v) is 6.12. The zero-order valence-corrected chi connectivity index (χ0v) is 16.1. The lowest BCUT2D eigenvalue weighted by atomic mass is 10.2. The molecule has 1 aliphatic rings. The van der Waals surface area contributed by atoms with Crippen molar-refractivity contribution in [3.8, 4) is 0 Å². The topological polar surface area (TPSA) is 118 Å². The summed E-state index contributed by atoms with van der Waals surface area (Å²) < 4.78 is 37.3. The van der Waals surface area contributed by atoms with Crippen molar-refractivity contribution in [2.45, 2.75) is 24.6 Å². The molecular weight excluding hydrogens is 386 g/mol. The Morgan fingerprint density at radius 1 is 1.14 bits per heavy atom. The molecular formula is C18H21N3O6S. The van der Waals surface area contributed by atoms with Gasteiger partial charge in [-0.2, -0.15) is 4.31 Å². The number of hydrogen-bond donors (Lipinski definition) is 2. The van der Waals surface area contributed by atoms with Gasteiger partial charge in [0.25, 0.3) is 0 Å². The molecule has 2 aromatic rings. The van der Waals surface area contributed by atoms with E-state index in [1.807, 2.05) is 6.92 Å². The van der Waals surface area contributed by atoms with Crippen LogP contribution in [0.2, 0.25) is 0 Å². The van der Waals surface area contributed by atoms with E-state index in [2.05, 4.69) is 10.6 Å². The minimum atomic E-state index is -3.77. The lowest BCUT2D eigenvalue weighted by Gasteiger charge is -2.22. The molecule has 0 saturated carbocycles. The first-order valence-corrected chi connectivity index (χ1v) is 10.1. The first kappa shape index (κ1) is 20.1. The SMILES string of the molecule is Cc1ccc(S(=O)(=O)N2CCO[C@@H]2CNC(=O)C(=O)NCc2ccco2)cc1. The van der Waals surface area contributed by atoms with Gasteiger partial charge in [-0.1, -0.05) is 17.7 Å². The van der Waals surface area contributed by atoms with Gasteiger partial charge in [0.15, 0.2) is 0 Å². The van der Waals surface area contributed by atoms with Crippen LogP contribution in [0.3, 0.4) is 0 Å². The summed E-state index contributed by atoms with van der Waals surface area (Å²) in [6, 6.07) is 9.82. The quantitative estimate of drug-likeness (QED) is 0.668. The molecule has 2 heterocycles. The average Bonchev–Trinajstić information content (AvgIpc) is 3.36. The molecule has 0 spiro atoms. The maximum absolute atomic E-state index is 12.8. The van der Waals surface area contributed by atoms with Gasteiger partial charge >= 0.3 is 11.8 Å². The molecule has 1 saturated heterocycles. The number of rotatable bonds is 6. The van der Waals surface area contributed by atoms with Crippen molar-refractivity contribution in [1.82, 2.24) is 14.9 Å². The van der Waals surface area contributed by atoms with Gasteiger partial charge in [0, 0.05) is 6.54 Å². The summed E-state index contributed by atoms with van der Waals surface area (Å²) in [5.41, 5.74) is 0.945. The third-order valence-electron chi connectivity index (χ3n) is 4.22. The van der Waals surface area contributed by atoms with Crippen LogP contribution in [0, 0.1) is 6.92 Å². The molecule has 1 fully saturated rings. The van der Waals surface area contributed by atoms with Gasteiger partial charge < -0.3 is 19.8 Å². The molecule has 0 unspecified atom stereocenters. The Hall–Kier alpha value is -2.69. The van der Waals surface area contributed by atoms with Crippen molar-refractivity contribution in [2.75, 3.05) is 19.7 Å². The highest BCUT2D eigenvalue weighted by Gasteiger charge is 2.36. The predicted octanol–water partition coefficient (Wildman–Crippen LogP) is 0.368. The fraction of sp³-hybridized carbons (Fsp3) is 0.333. The van der Waals surface area contributed by atoms with Gasteiger partial charge in [-0.25, -0.2) is 8.42 Å². The Morgan fingerprint density at radius 2 is 1.86 bits per heavy atom. The van der Waals surface area contributed by atoms with Crippen molar-refractivity contribution >= 4 is 21.8 Å². The molecule has 0 aliphatic carbocycles. The van der Waals surface area contributed by atoms with E-state index < -0.39 is 28.1 Å². The van der Waals surface area contributed by atoms with E-state index in [4.69, 9.17) is 9.15 Å². The fourth-order valence-corrected chi connectivity index (χ4v) is 4.22. The fourth-order valence-electron chi connectivity index (χ4n) is 2.71. The number of amides is 2. The monoisotopic (exact) mass is 407 g/mol. The zero-order chi connectivity index (χ0) is 20.1. The summed E-state index contributed by atoms with van der Waals surface area (Å²) in [4.78, 5) is 23.9. The molecule has 9 nitrogen and oxygen atoms in total. The van der Waals surface area contributed by atoms with E-state index in [1.165, 1.54) is 22.7 Å². The Labute approximate surface area is 162 Å². The van der Waals surface area contributed by atoms with Crippen LogP contribution in [-0.4, -0.2) is 50.5 Å². The Balaban J connectivity index is 1.56. The highest BCUT2D eigenvalue weighted by Crippen LogP contribution is 2.22. The Morgan fingerprint density at radius 3 is 2.54 bits per heavy atom. The van der Waals surface area contributed by atoms with Crippen molar-refractivity contribution in [1.29, 1.82) is 0 Å². The molecule has 150 valence electrons. The second-order valence-electron chi connectivity index (χ2n) is 6.23. The largest absolute Gasteiger partial charge is 0.467 e. The number of hydrogen-bond acceptors (Lipinski definition) is 6. The second kappa shape index (κ2) is 8.55. The lowest BCUT2D eigenvalue weighted by Crippen LogP contribution is -2.47. The second-order valence-corrected chi connectivity index (χ2v) is 8.12. The number of carbonyl (C=O) groups is 2. The van der Waals surface area contributed by atoms with Crippen LogP contribution >= 0.6 is 0 Å². The van der Waals surface area contributed by atoms with E-state index in [0.717, 1.165) is 5.56 Å². The minimum absolute atomic E-state index is 0.0765. The summed E-state index contributed by atoms with van der Waals surface area (Å²) in [5.74, 6) is -1.22. The van der Waals surface area contributed by atoms with Crippen LogP contribution in [0.25, 0.3) is 0 Å². The van der Waals surface area contributed by atoms with Gasteiger partial charge in [-0.3, -0.25) is 9.59 Å². The number of benzene rings is 1. The number of aryl methyl sites for hydroxylation is 1. The first-order chi connectivity index (χ1) is 13.4. The number of ether oxygens (including phenoxy) is 1. The summed E-state index contributed by atoms with van der Waals surface area (Å²) in [7, 11) is -3.77. The van der Waals surface area contributed by atoms with E-state index >= 15 is 0 Å². The molecule has 0 bridgehead atoms. The highest BCUT2D eigenvalue weighted by molar-refractivity contribution is 7.89. The van der Waals surface area contributed by atoms with Crippen LogP contribution in [-0.2, 0) is 30.9 Å². The van der Waals surface area contributed by atoms with Crippen LogP contribution in [0.1, 0.15) is 11.3 Å². The number of nitrogens with zero attached hydrogens (tertiary/aromatic N) is 1. The van der Waals surface area contributed by atoms with E-state index in [1.54, 1.807) is 24.3 Å². The molecule has 1 aromatic heterocycles. The number of nitrogens with one attached hydrogen (secondary N) is 2. The number of furan rings is 1. The van der Waals surface area contributed by atoms with Gasteiger partial charge in [0.2, 0.25) is 10.0 Å². The number of carbonyl (C=O) groups excluding carboxylic acids is 2. The van der Waals surface area contributed by atoms with Crippen LogP contribution in [0.15, 0.2) is 52.0 Å². The maximum Gasteiger partial charge on any atom is 0.309 e. The molecule has 1 aliphatic heterocycles. The highest BCUT2D eigenvalue weighted by atomic mass is 32.2. The zero-order valence-electron chi connectivity index (χ0n) is 15.3. The summed E-state index contributed by atoms with van der Waals surface area (Å²) >= 11 is 0. The van der Waals surface area contributed by atoms with Gasteiger partial charge in [0.1, 0.15) is 12.0 Å². The normalized spacial score (nSPS) is 17.4. The van der Waals surface area contributed by atoms with Crippen molar-refractivity contribution < 1.29 is 27.2 Å². The molecule has 28 heavy (non-hydrogen) atoms. The molecule has 1 atom stereocenters. The molecule has 2 amide bonds. The van der Waals surface area contributed by atoms with Gasteiger partial charge in [-0.15, -0.1) is 0 Å². The van der Waals surface area contributed by atoms with Crippen molar-refractivity contribution in [3.05, 3.63) is 54.0 Å². The molecule has 10 heteroatoms. The van der Waals surface area contributed by atoms with Crippen molar-refractivity contribution in [3.63, 3.8) is 0 Å². The average molecular weight is 407 g/mol.